The molecule has 0 aliphatic carbocycles. The van der Waals surface area contributed by atoms with Gasteiger partial charge in [-0.1, -0.05) is 48.5 Å². The maximum Gasteiger partial charge on any atom is 0.297 e. The van der Waals surface area contributed by atoms with E-state index in [0.717, 1.165) is 18.2 Å². The second-order valence-corrected chi connectivity index (χ2v) is 15.3. The smallest absolute Gasteiger partial charge is 0.297 e. The number of aromatic amines is 1. The van der Waals surface area contributed by atoms with Crippen LogP contribution in [0, 0.1) is 0 Å². The molecular weight excluding hydrogens is 831 g/mol. The molecule has 0 bridgehead atoms. The summed E-state index contributed by atoms with van der Waals surface area (Å²) in [5.74, 6) is -0.872. The first-order valence-corrected chi connectivity index (χ1v) is 19.4. The van der Waals surface area contributed by atoms with Crippen molar-refractivity contribution in [2.45, 2.75) is 21.6 Å². The zero-order valence-electron chi connectivity index (χ0n) is 29.3. The van der Waals surface area contributed by atoms with Crippen LogP contribution >= 0.6 is 11.6 Å². The van der Waals surface area contributed by atoms with Gasteiger partial charge in [0.2, 0.25) is 16.9 Å². The van der Waals surface area contributed by atoms with Crippen molar-refractivity contribution in [3.05, 3.63) is 95.8 Å². The number of para-hydroxylation sites is 1. The Labute approximate surface area is 385 Å². The van der Waals surface area contributed by atoms with E-state index in [9.17, 15) is 44.0 Å². The summed E-state index contributed by atoms with van der Waals surface area (Å²) >= 11 is 6.24. The van der Waals surface area contributed by atoms with Gasteiger partial charge in [0.1, 0.15) is 21.2 Å². The van der Waals surface area contributed by atoms with Crippen molar-refractivity contribution in [2.24, 2.45) is 15.2 Å². The average Bonchev–Trinajstić information content (AvgIpc) is 3.06. The van der Waals surface area contributed by atoms with Gasteiger partial charge in [0.25, 0.3) is 30.4 Å². The predicted molar refractivity (Wildman–Crippen MR) is 206 cm³/mol. The Morgan fingerprint density at radius 2 is 1.40 bits per heavy atom. The maximum absolute atomic E-state index is 12.6. The fourth-order valence-corrected chi connectivity index (χ4v) is 7.56. The van der Waals surface area contributed by atoms with Crippen LogP contribution in [0.2, 0.25) is 5.28 Å². The first kappa shape index (κ1) is 47.0. The van der Waals surface area contributed by atoms with Crippen molar-refractivity contribution in [1.29, 1.82) is 0 Å². The van der Waals surface area contributed by atoms with Crippen LogP contribution in [0.5, 0.6) is 5.75 Å². The molecule has 271 valence electrons. The molecule has 0 aliphatic rings. The third-order valence-electron chi connectivity index (χ3n) is 7.54. The summed E-state index contributed by atoms with van der Waals surface area (Å²) in [6.45, 7) is 2.22. The fraction of sp³-hybridized carbons (Fsp3) is 0.0645. The van der Waals surface area contributed by atoms with Gasteiger partial charge in [0.05, 0.1) is 16.0 Å². The molecule has 17 nitrogen and oxygen atoms in total. The van der Waals surface area contributed by atoms with Gasteiger partial charge in [0, 0.05) is 106 Å². The Balaban J connectivity index is 0.00000271. The van der Waals surface area contributed by atoms with E-state index in [1.807, 2.05) is 13.0 Å². The van der Waals surface area contributed by atoms with Crippen LogP contribution in [0.15, 0.2) is 115 Å². The van der Waals surface area contributed by atoms with Crippen LogP contribution in [-0.2, 0) is 30.4 Å². The van der Waals surface area contributed by atoms with Gasteiger partial charge < -0.3 is 10.0 Å². The van der Waals surface area contributed by atoms with Crippen molar-refractivity contribution in [2.75, 3.05) is 11.4 Å². The molecule has 1 heterocycles. The van der Waals surface area contributed by atoms with Gasteiger partial charge in [-0.25, -0.2) is 4.99 Å². The van der Waals surface area contributed by atoms with Crippen LogP contribution in [0.25, 0.3) is 21.5 Å². The maximum atomic E-state index is 12.6. The first-order valence-electron chi connectivity index (χ1n) is 14.7. The minimum Gasteiger partial charge on any atom is -0.505 e. The number of anilines is 2. The molecule has 0 fully saturated rings. The van der Waals surface area contributed by atoms with Gasteiger partial charge in [-0.05, 0) is 65.7 Å². The molecule has 0 amide bonds. The number of phenols is 1. The van der Waals surface area contributed by atoms with E-state index in [1.54, 1.807) is 41.3 Å². The first-order chi connectivity index (χ1) is 24.5. The number of phenolic OH excluding ortho intramolecular Hbond substituents is 1. The Kier molecular flexibility index (Phi) is 15.8. The van der Waals surface area contributed by atoms with Crippen molar-refractivity contribution >= 4 is 181 Å². The van der Waals surface area contributed by atoms with E-state index in [1.165, 1.54) is 24.3 Å². The number of azo groups is 1. The topological polar surface area (TPSA) is 265 Å². The summed E-state index contributed by atoms with van der Waals surface area (Å²) in [5.41, 5.74) is -1.40. The Morgan fingerprint density at radius 3 is 2.02 bits per heavy atom. The summed E-state index contributed by atoms with van der Waals surface area (Å²) in [4.78, 5) is 14.6. The molecule has 0 atom stereocenters. The number of rotatable bonds is 9. The van der Waals surface area contributed by atoms with E-state index in [0.29, 0.717) is 17.6 Å². The number of nitrogens with one attached hydrogen (secondary N) is 1. The van der Waals surface area contributed by atoms with E-state index in [-0.39, 0.29) is 122 Å². The van der Waals surface area contributed by atoms with E-state index in [4.69, 9.17) is 11.6 Å². The van der Waals surface area contributed by atoms with Crippen molar-refractivity contribution in [1.82, 2.24) is 15.0 Å². The molecule has 6 aromatic rings. The predicted octanol–water partition coefficient (Wildman–Crippen LogP) is 4.87. The van der Waals surface area contributed by atoms with Gasteiger partial charge in [-0.3, -0.25) is 18.6 Å². The zero-order valence-corrected chi connectivity index (χ0v) is 38.5. The molecular formula is C31H24ClN7Na3O10S3. The number of fused-ring (bicyclic) bond motifs is 2. The SMILES string of the molecule is CCN(c1ccccc1)c1nc(Cl)nc(=Nc2cc(S(=O)(=O)O)cc3cc(S(=O)(=O)O)c(N=Nc4ccc5ccccc5c4S(=O)(=O)O)c(O)c23)[nH]1.[Na].[Na].[Na]. The summed E-state index contributed by atoms with van der Waals surface area (Å²) < 4.78 is 105. The number of nitrogens with zero attached hydrogens (tertiary/aromatic N) is 6. The van der Waals surface area contributed by atoms with E-state index in [2.05, 4.69) is 30.2 Å². The fourth-order valence-electron chi connectivity index (χ4n) is 5.37. The molecule has 1 aromatic heterocycles. The van der Waals surface area contributed by atoms with Crippen LogP contribution in [0.3, 0.4) is 0 Å². The van der Waals surface area contributed by atoms with Crippen molar-refractivity contribution in [3.63, 3.8) is 0 Å². The summed E-state index contributed by atoms with van der Waals surface area (Å²) in [7, 11) is -15.2. The van der Waals surface area contributed by atoms with Crippen LogP contribution in [0.4, 0.5) is 28.7 Å². The molecule has 6 rings (SSSR count). The molecule has 5 N–H and O–H groups in total. The van der Waals surface area contributed by atoms with E-state index >= 15 is 0 Å². The van der Waals surface area contributed by atoms with E-state index < -0.39 is 67.9 Å². The van der Waals surface area contributed by atoms with Crippen LogP contribution in [-0.4, -0.2) is 154 Å². The number of hydrogen-bond acceptors (Lipinski definition) is 13. The number of benzene rings is 5. The molecule has 55 heavy (non-hydrogen) atoms. The van der Waals surface area contributed by atoms with Gasteiger partial charge in [-0.2, -0.15) is 35.2 Å². The second-order valence-electron chi connectivity index (χ2n) is 10.8. The van der Waals surface area contributed by atoms with Crippen LogP contribution < -0.4 is 10.5 Å². The van der Waals surface area contributed by atoms with Gasteiger partial charge in [0.15, 0.2) is 5.75 Å². The quantitative estimate of drug-likeness (QED) is 0.0739. The normalized spacial score (nSPS) is 12.3. The Morgan fingerprint density at radius 1 is 0.745 bits per heavy atom. The molecule has 3 radical (unpaired) electrons. The largest absolute Gasteiger partial charge is 0.505 e. The number of H-pyrrole nitrogens is 1. The monoisotopic (exact) mass is 854 g/mol. The molecule has 0 saturated heterocycles. The number of aromatic hydroxyl groups is 1. The molecule has 0 aliphatic heterocycles. The van der Waals surface area contributed by atoms with Crippen molar-refractivity contribution in [3.8, 4) is 5.75 Å². The summed E-state index contributed by atoms with van der Waals surface area (Å²) in [6, 6.07) is 20.0. The third-order valence-corrected chi connectivity index (χ3v) is 10.4. The summed E-state index contributed by atoms with van der Waals surface area (Å²) in [6.07, 6.45) is 0. The number of aromatic nitrogens is 3. The van der Waals surface area contributed by atoms with Crippen LogP contribution in [0.1, 0.15) is 6.92 Å². The molecule has 0 unspecified atom stereocenters. The molecule has 0 spiro atoms. The Bertz CT molecular complexity index is 2870. The average molecular weight is 855 g/mol. The minimum absolute atomic E-state index is 0. The second kappa shape index (κ2) is 18.5. The Hall–Kier alpha value is -2.35. The standard InChI is InChI=1S/C31H24ClN7O10S3.3Na/c1-2-39(19-9-4-3-5-10-19)31-35-29(32)34-30(36-31)33-23-16-20(50(41,42)43)14-18-15-24(51(44,45)46)26(27(40)25(18)23)38-37-22-13-12-17-8-6-7-11-21(17)28(22)52(47,48)49;;;/h3-16,40H,2H2,1H3,(H,41,42,43)(H,44,45,46)(H,47,48,49)(H,33,34,35,36);;;. The van der Waals surface area contributed by atoms with Gasteiger partial charge in [-0.15, -0.1) is 10.2 Å². The zero-order chi connectivity index (χ0) is 37.6. The van der Waals surface area contributed by atoms with Gasteiger partial charge >= 0.3 is 0 Å². The number of halogens is 1. The van der Waals surface area contributed by atoms with Crippen molar-refractivity contribution < 1.29 is 44.0 Å². The summed E-state index contributed by atoms with van der Waals surface area (Å²) in [5, 5.41) is 18.6. The molecule has 5 aromatic carbocycles. The molecule has 24 heteroatoms. The number of hydrogen-bond donors (Lipinski definition) is 5. The minimum atomic E-state index is -5.27. The third kappa shape index (κ3) is 10.4. The molecule has 0 saturated carbocycles.